The zero-order chi connectivity index (χ0) is 12.4. The molecule has 1 heterocycles. The molecule has 3 rings (SSSR count). The molecule has 1 saturated carbocycles. The highest BCUT2D eigenvalue weighted by Gasteiger charge is 2.24. The van der Waals surface area contributed by atoms with Crippen LogP contribution in [0.2, 0.25) is 0 Å². The topological polar surface area (TPSA) is 24.1 Å². The molecule has 0 spiro atoms. The second-order valence-corrected chi connectivity index (χ2v) is 6.02. The molecule has 98 valence electrons. The van der Waals surface area contributed by atoms with E-state index in [1.54, 1.807) is 0 Å². The fourth-order valence-corrected chi connectivity index (χ4v) is 3.46. The molecule has 0 aromatic heterocycles. The third-order valence-corrected chi connectivity index (χ3v) is 4.56. The minimum absolute atomic E-state index is 0.693. The van der Waals surface area contributed by atoms with Gasteiger partial charge >= 0.3 is 0 Å². The molecule has 18 heavy (non-hydrogen) atoms. The number of nitrogens with one attached hydrogen (secondary N) is 2. The molecule has 2 heteroatoms. The minimum Gasteiger partial charge on any atom is -0.385 e. The van der Waals surface area contributed by atoms with E-state index in [1.807, 2.05) is 0 Å². The highest BCUT2D eigenvalue weighted by Crippen LogP contribution is 2.31. The van der Waals surface area contributed by atoms with Crippen LogP contribution in [0.15, 0.2) is 24.3 Å². The summed E-state index contributed by atoms with van der Waals surface area (Å²) in [7, 11) is 0. The molecule has 1 aliphatic heterocycles. The Kier molecular flexibility index (Phi) is 3.55. The number of hydrogen-bond donors (Lipinski definition) is 2. The number of rotatable bonds is 3. The monoisotopic (exact) mass is 244 g/mol. The Hall–Kier alpha value is -1.02. The van der Waals surface area contributed by atoms with Crippen molar-refractivity contribution in [2.24, 2.45) is 5.92 Å². The summed E-state index contributed by atoms with van der Waals surface area (Å²) in [5.41, 5.74) is 2.85. The Labute approximate surface area is 110 Å². The molecule has 0 amide bonds. The van der Waals surface area contributed by atoms with Crippen LogP contribution in [0.3, 0.4) is 0 Å². The fraction of sp³-hybridized carbons (Fsp3) is 0.625. The van der Waals surface area contributed by atoms with E-state index in [4.69, 9.17) is 0 Å². The standard InChI is InChI=1S/C16H24N2/c1-12-6-7-14(10-12)18-11-13-8-9-17-16-5-3-2-4-15(13)16/h2-5,12-14,17-18H,6-11H2,1H3. The van der Waals surface area contributed by atoms with Crippen molar-refractivity contribution < 1.29 is 0 Å². The van der Waals surface area contributed by atoms with Crippen molar-refractivity contribution >= 4 is 5.69 Å². The molecule has 0 radical (unpaired) electrons. The summed E-state index contributed by atoms with van der Waals surface area (Å²) in [5.74, 6) is 1.61. The van der Waals surface area contributed by atoms with E-state index in [-0.39, 0.29) is 0 Å². The maximum atomic E-state index is 3.79. The van der Waals surface area contributed by atoms with E-state index in [9.17, 15) is 0 Å². The van der Waals surface area contributed by atoms with E-state index >= 15 is 0 Å². The van der Waals surface area contributed by atoms with Gasteiger partial charge in [0.05, 0.1) is 0 Å². The summed E-state index contributed by atoms with van der Waals surface area (Å²) in [5, 5.41) is 7.29. The molecule has 0 saturated heterocycles. The Bertz CT molecular complexity index is 402. The maximum Gasteiger partial charge on any atom is 0.0376 e. The molecule has 1 aromatic carbocycles. The summed E-state index contributed by atoms with van der Waals surface area (Å²) < 4.78 is 0. The summed E-state index contributed by atoms with van der Waals surface area (Å²) >= 11 is 0. The van der Waals surface area contributed by atoms with Crippen LogP contribution in [0.5, 0.6) is 0 Å². The lowest BCUT2D eigenvalue weighted by Crippen LogP contribution is -2.33. The average Bonchev–Trinajstić information content (AvgIpc) is 2.82. The number of anilines is 1. The van der Waals surface area contributed by atoms with Crippen molar-refractivity contribution in [3.05, 3.63) is 29.8 Å². The molecule has 1 fully saturated rings. The lowest BCUT2D eigenvalue weighted by Gasteiger charge is -2.28. The van der Waals surface area contributed by atoms with Crippen molar-refractivity contribution in [3.63, 3.8) is 0 Å². The van der Waals surface area contributed by atoms with Gasteiger partial charge in [0.25, 0.3) is 0 Å². The first-order valence-electron chi connectivity index (χ1n) is 7.39. The van der Waals surface area contributed by atoms with Gasteiger partial charge in [0.2, 0.25) is 0 Å². The number of fused-ring (bicyclic) bond motifs is 1. The van der Waals surface area contributed by atoms with Gasteiger partial charge in [0, 0.05) is 30.7 Å². The van der Waals surface area contributed by atoms with Gasteiger partial charge in [-0.25, -0.2) is 0 Å². The predicted molar refractivity (Wildman–Crippen MR) is 77.1 cm³/mol. The molecule has 3 atom stereocenters. The van der Waals surface area contributed by atoms with Gasteiger partial charge in [-0.2, -0.15) is 0 Å². The lowest BCUT2D eigenvalue weighted by molar-refractivity contribution is 0.463. The SMILES string of the molecule is CC1CCC(NCC2CCNc3ccccc32)C1. The van der Waals surface area contributed by atoms with Crippen LogP contribution >= 0.6 is 0 Å². The quantitative estimate of drug-likeness (QED) is 0.852. The van der Waals surface area contributed by atoms with Crippen LogP contribution < -0.4 is 10.6 Å². The second-order valence-electron chi connectivity index (χ2n) is 6.02. The zero-order valence-electron chi connectivity index (χ0n) is 11.3. The molecule has 2 aliphatic rings. The van der Waals surface area contributed by atoms with Crippen molar-refractivity contribution in [1.29, 1.82) is 0 Å². The molecule has 1 aromatic rings. The summed E-state index contributed by atoms with van der Waals surface area (Å²) in [6.45, 7) is 4.64. The van der Waals surface area contributed by atoms with Crippen LogP contribution in [0.4, 0.5) is 5.69 Å². The predicted octanol–water partition coefficient (Wildman–Crippen LogP) is 3.36. The van der Waals surface area contributed by atoms with Gasteiger partial charge in [-0.3, -0.25) is 0 Å². The first kappa shape index (κ1) is 12.0. The molecular formula is C16H24N2. The van der Waals surface area contributed by atoms with E-state index < -0.39 is 0 Å². The van der Waals surface area contributed by atoms with Crippen molar-refractivity contribution in [1.82, 2.24) is 5.32 Å². The van der Waals surface area contributed by atoms with Crippen LogP contribution in [0, 0.1) is 5.92 Å². The Morgan fingerprint density at radius 2 is 2.11 bits per heavy atom. The molecule has 3 unspecified atom stereocenters. The van der Waals surface area contributed by atoms with Gasteiger partial charge in [0.1, 0.15) is 0 Å². The zero-order valence-corrected chi connectivity index (χ0v) is 11.3. The first-order chi connectivity index (χ1) is 8.83. The van der Waals surface area contributed by atoms with Crippen molar-refractivity contribution in [2.75, 3.05) is 18.4 Å². The average molecular weight is 244 g/mol. The highest BCUT2D eigenvalue weighted by molar-refractivity contribution is 5.54. The Morgan fingerprint density at radius 3 is 2.94 bits per heavy atom. The molecule has 2 nitrogen and oxygen atoms in total. The van der Waals surface area contributed by atoms with Crippen LogP contribution in [0.1, 0.15) is 44.1 Å². The van der Waals surface area contributed by atoms with Crippen LogP contribution in [-0.4, -0.2) is 19.1 Å². The normalized spacial score (nSPS) is 30.8. The van der Waals surface area contributed by atoms with Crippen LogP contribution in [-0.2, 0) is 0 Å². The van der Waals surface area contributed by atoms with Crippen molar-refractivity contribution in [2.45, 2.75) is 44.6 Å². The number of hydrogen-bond acceptors (Lipinski definition) is 2. The van der Waals surface area contributed by atoms with E-state index in [0.717, 1.165) is 25.0 Å². The molecular weight excluding hydrogens is 220 g/mol. The highest BCUT2D eigenvalue weighted by atomic mass is 14.9. The van der Waals surface area contributed by atoms with E-state index in [1.165, 1.54) is 36.9 Å². The first-order valence-corrected chi connectivity index (χ1v) is 7.39. The molecule has 1 aliphatic carbocycles. The van der Waals surface area contributed by atoms with Gasteiger partial charge < -0.3 is 10.6 Å². The Morgan fingerprint density at radius 1 is 1.22 bits per heavy atom. The van der Waals surface area contributed by atoms with E-state index in [2.05, 4.69) is 41.8 Å². The van der Waals surface area contributed by atoms with E-state index in [0.29, 0.717) is 5.92 Å². The minimum atomic E-state index is 0.693. The second kappa shape index (κ2) is 5.31. The summed E-state index contributed by atoms with van der Waals surface area (Å²) in [6, 6.07) is 9.54. The Balaban J connectivity index is 1.60. The third kappa shape index (κ3) is 2.54. The van der Waals surface area contributed by atoms with Gasteiger partial charge in [-0.05, 0) is 43.2 Å². The largest absolute Gasteiger partial charge is 0.385 e. The summed E-state index contributed by atoms with van der Waals surface area (Å²) in [6.07, 6.45) is 5.40. The smallest absolute Gasteiger partial charge is 0.0376 e. The molecule has 2 N–H and O–H groups in total. The molecule has 0 bridgehead atoms. The van der Waals surface area contributed by atoms with Gasteiger partial charge in [-0.15, -0.1) is 0 Å². The number of para-hydroxylation sites is 1. The third-order valence-electron chi connectivity index (χ3n) is 4.56. The maximum absolute atomic E-state index is 3.79. The fourth-order valence-electron chi connectivity index (χ4n) is 3.46. The summed E-state index contributed by atoms with van der Waals surface area (Å²) in [4.78, 5) is 0. The lowest BCUT2D eigenvalue weighted by atomic mass is 9.91. The van der Waals surface area contributed by atoms with Crippen LogP contribution in [0.25, 0.3) is 0 Å². The number of benzene rings is 1. The van der Waals surface area contributed by atoms with Crippen molar-refractivity contribution in [3.8, 4) is 0 Å². The van der Waals surface area contributed by atoms with Gasteiger partial charge in [0.15, 0.2) is 0 Å². The van der Waals surface area contributed by atoms with Gasteiger partial charge in [-0.1, -0.05) is 25.1 Å².